The van der Waals surface area contributed by atoms with E-state index in [0.29, 0.717) is 32.4 Å². The number of nitrogens with one attached hydrogen (secondary N) is 1. The first-order chi connectivity index (χ1) is 9.11. The normalized spacial score (nSPS) is 25.4. The van der Waals surface area contributed by atoms with Crippen molar-refractivity contribution in [3.8, 4) is 0 Å². The van der Waals surface area contributed by atoms with Crippen LogP contribution in [0.4, 0.5) is 4.79 Å². The van der Waals surface area contributed by atoms with Crippen molar-refractivity contribution in [1.29, 1.82) is 0 Å². The van der Waals surface area contributed by atoms with Gasteiger partial charge < -0.3 is 9.64 Å². The van der Waals surface area contributed by atoms with Gasteiger partial charge in [0.15, 0.2) is 0 Å². The number of carbonyl (C=O) groups excluding carboxylic acids is 1. The number of likely N-dealkylation sites (tertiary alicyclic amines) is 1. The summed E-state index contributed by atoms with van der Waals surface area (Å²) in [5.74, 6) is 0. The molecule has 1 N–H and O–H groups in total. The standard InChI is InChI=1S/C12H22N2O5S/c1-11(2,3)19-10(15)14-7-4-12(5-8-14)6-9-18-20(16,17)13-12/h13H,4-9H2,1-3H3. The van der Waals surface area contributed by atoms with Crippen molar-refractivity contribution in [2.75, 3.05) is 19.7 Å². The van der Waals surface area contributed by atoms with Gasteiger partial charge in [-0.25, -0.2) is 4.79 Å². The van der Waals surface area contributed by atoms with Crippen molar-refractivity contribution in [3.05, 3.63) is 0 Å². The zero-order chi connectivity index (χ0) is 15.0. The average molecular weight is 306 g/mol. The minimum atomic E-state index is -3.64. The smallest absolute Gasteiger partial charge is 0.410 e. The van der Waals surface area contributed by atoms with Gasteiger partial charge in [0.1, 0.15) is 5.60 Å². The second-order valence-corrected chi connectivity index (χ2v) is 7.72. The average Bonchev–Trinajstić information content (AvgIpc) is 2.25. The molecule has 2 fully saturated rings. The second-order valence-electron chi connectivity index (χ2n) is 6.38. The van der Waals surface area contributed by atoms with E-state index in [1.54, 1.807) is 4.90 Å². The molecule has 0 bridgehead atoms. The lowest BCUT2D eigenvalue weighted by atomic mass is 9.86. The van der Waals surface area contributed by atoms with Gasteiger partial charge >= 0.3 is 16.4 Å². The third-order valence-corrected chi connectivity index (χ3v) is 4.69. The first-order valence-electron chi connectivity index (χ1n) is 6.77. The number of hydrogen-bond acceptors (Lipinski definition) is 5. The fraction of sp³-hybridized carbons (Fsp3) is 0.917. The van der Waals surface area contributed by atoms with Gasteiger partial charge in [-0.05, 0) is 40.0 Å². The lowest BCUT2D eigenvalue weighted by Gasteiger charge is -2.43. The van der Waals surface area contributed by atoms with E-state index in [4.69, 9.17) is 4.74 Å². The van der Waals surface area contributed by atoms with E-state index in [2.05, 4.69) is 8.91 Å². The molecule has 2 heterocycles. The van der Waals surface area contributed by atoms with E-state index in [-0.39, 0.29) is 12.7 Å². The number of amides is 1. The minimum Gasteiger partial charge on any atom is -0.444 e. The summed E-state index contributed by atoms with van der Waals surface area (Å²) in [4.78, 5) is 13.6. The van der Waals surface area contributed by atoms with Crippen LogP contribution in [0.25, 0.3) is 0 Å². The predicted octanol–water partition coefficient (Wildman–Crippen LogP) is 1.01. The number of ether oxygens (including phenoxy) is 1. The van der Waals surface area contributed by atoms with Crippen LogP contribution in [0.5, 0.6) is 0 Å². The topological polar surface area (TPSA) is 84.9 Å². The molecular formula is C12H22N2O5S. The van der Waals surface area contributed by atoms with Gasteiger partial charge in [-0.15, -0.1) is 0 Å². The molecule has 1 spiro atoms. The molecule has 0 aromatic carbocycles. The Balaban J connectivity index is 1.94. The number of nitrogens with zero attached hydrogens (tertiary/aromatic N) is 1. The van der Waals surface area contributed by atoms with Crippen LogP contribution in [0.2, 0.25) is 0 Å². The van der Waals surface area contributed by atoms with Crippen LogP contribution in [-0.2, 0) is 19.2 Å². The lowest BCUT2D eigenvalue weighted by Crippen LogP contribution is -2.59. The Kier molecular flexibility index (Phi) is 4.01. The molecule has 7 nitrogen and oxygen atoms in total. The third kappa shape index (κ3) is 3.83. The van der Waals surface area contributed by atoms with Gasteiger partial charge in [-0.1, -0.05) is 0 Å². The van der Waals surface area contributed by atoms with E-state index < -0.39 is 21.4 Å². The van der Waals surface area contributed by atoms with Gasteiger partial charge in [-0.2, -0.15) is 13.1 Å². The molecule has 20 heavy (non-hydrogen) atoms. The number of carbonyl (C=O) groups is 1. The van der Waals surface area contributed by atoms with E-state index in [1.807, 2.05) is 20.8 Å². The molecule has 2 aliphatic rings. The summed E-state index contributed by atoms with van der Waals surface area (Å²) in [7, 11) is -3.64. The summed E-state index contributed by atoms with van der Waals surface area (Å²) in [5.41, 5.74) is -0.998. The van der Waals surface area contributed by atoms with Crippen LogP contribution in [0.3, 0.4) is 0 Å². The fourth-order valence-electron chi connectivity index (χ4n) is 2.49. The maximum absolute atomic E-state index is 12.0. The molecule has 2 saturated heterocycles. The van der Waals surface area contributed by atoms with Crippen molar-refractivity contribution in [3.63, 3.8) is 0 Å². The highest BCUT2D eigenvalue weighted by Crippen LogP contribution is 2.30. The molecule has 0 aliphatic carbocycles. The molecule has 0 saturated carbocycles. The van der Waals surface area contributed by atoms with E-state index >= 15 is 0 Å². The van der Waals surface area contributed by atoms with Crippen LogP contribution < -0.4 is 4.72 Å². The zero-order valence-corrected chi connectivity index (χ0v) is 13.0. The predicted molar refractivity (Wildman–Crippen MR) is 72.4 cm³/mol. The van der Waals surface area contributed by atoms with Gasteiger partial charge in [0.25, 0.3) is 0 Å². The molecule has 0 atom stereocenters. The van der Waals surface area contributed by atoms with Crippen molar-refractivity contribution < 1.29 is 22.1 Å². The molecule has 0 unspecified atom stereocenters. The zero-order valence-electron chi connectivity index (χ0n) is 12.1. The first-order valence-corrected chi connectivity index (χ1v) is 8.18. The molecule has 116 valence electrons. The summed E-state index contributed by atoms with van der Waals surface area (Å²) in [6, 6.07) is 0. The quantitative estimate of drug-likeness (QED) is 0.722. The van der Waals surface area contributed by atoms with E-state index in [9.17, 15) is 13.2 Å². The van der Waals surface area contributed by atoms with E-state index in [0.717, 1.165) is 0 Å². The Bertz CT molecular complexity index is 475. The van der Waals surface area contributed by atoms with Gasteiger partial charge in [0.05, 0.1) is 6.61 Å². The largest absolute Gasteiger partial charge is 0.444 e. The lowest BCUT2D eigenvalue weighted by molar-refractivity contribution is 0.0135. The second kappa shape index (κ2) is 5.16. The Morgan fingerprint density at radius 1 is 1.25 bits per heavy atom. The van der Waals surface area contributed by atoms with Crippen LogP contribution in [-0.4, -0.2) is 50.2 Å². The van der Waals surface area contributed by atoms with Crippen molar-refractivity contribution in [2.24, 2.45) is 0 Å². The minimum absolute atomic E-state index is 0.196. The molecule has 0 radical (unpaired) electrons. The Labute approximate surface area is 119 Å². The van der Waals surface area contributed by atoms with Crippen LogP contribution in [0.15, 0.2) is 0 Å². The van der Waals surface area contributed by atoms with Crippen molar-refractivity contribution in [2.45, 2.75) is 51.2 Å². The highest BCUT2D eigenvalue weighted by atomic mass is 32.2. The van der Waals surface area contributed by atoms with E-state index in [1.165, 1.54) is 0 Å². The fourth-order valence-corrected chi connectivity index (χ4v) is 3.69. The molecule has 0 aromatic heterocycles. The molecular weight excluding hydrogens is 284 g/mol. The summed E-state index contributed by atoms with van der Waals surface area (Å²) < 4.78 is 35.6. The summed E-state index contributed by atoms with van der Waals surface area (Å²) in [6.45, 7) is 6.63. The first kappa shape index (κ1) is 15.5. The van der Waals surface area contributed by atoms with Crippen LogP contribution >= 0.6 is 0 Å². The van der Waals surface area contributed by atoms with Gasteiger partial charge in [-0.3, -0.25) is 4.18 Å². The molecule has 8 heteroatoms. The van der Waals surface area contributed by atoms with Gasteiger partial charge in [0.2, 0.25) is 0 Å². The Morgan fingerprint density at radius 3 is 2.35 bits per heavy atom. The van der Waals surface area contributed by atoms with Crippen LogP contribution in [0.1, 0.15) is 40.0 Å². The van der Waals surface area contributed by atoms with Crippen molar-refractivity contribution >= 4 is 16.4 Å². The number of piperidine rings is 1. The summed E-state index contributed by atoms with van der Waals surface area (Å²) >= 11 is 0. The Morgan fingerprint density at radius 2 is 1.85 bits per heavy atom. The maximum atomic E-state index is 12.0. The summed E-state index contributed by atoms with van der Waals surface area (Å²) in [5, 5.41) is 0. The summed E-state index contributed by atoms with van der Waals surface area (Å²) in [6.07, 6.45) is 1.44. The SMILES string of the molecule is CC(C)(C)OC(=O)N1CCC2(CCOS(=O)(=O)N2)CC1. The molecule has 1 amide bonds. The highest BCUT2D eigenvalue weighted by Gasteiger charge is 2.42. The monoisotopic (exact) mass is 306 g/mol. The number of hydrogen-bond donors (Lipinski definition) is 1. The maximum Gasteiger partial charge on any atom is 0.410 e. The molecule has 2 rings (SSSR count). The highest BCUT2D eigenvalue weighted by molar-refractivity contribution is 7.84. The van der Waals surface area contributed by atoms with Crippen LogP contribution in [0, 0.1) is 0 Å². The number of rotatable bonds is 0. The molecule has 0 aromatic rings. The molecule has 2 aliphatic heterocycles. The third-order valence-electron chi connectivity index (χ3n) is 3.53. The Hall–Kier alpha value is -0.860. The van der Waals surface area contributed by atoms with Gasteiger partial charge in [0, 0.05) is 18.6 Å². The van der Waals surface area contributed by atoms with Crippen molar-refractivity contribution in [1.82, 2.24) is 9.62 Å².